The maximum Gasteiger partial charge on any atom is 0.156 e. The van der Waals surface area contributed by atoms with Gasteiger partial charge < -0.3 is 14.8 Å². The Morgan fingerprint density at radius 2 is 1.97 bits per heavy atom. The van der Waals surface area contributed by atoms with Crippen LogP contribution in [0.3, 0.4) is 0 Å². The van der Waals surface area contributed by atoms with Crippen molar-refractivity contribution in [1.82, 2.24) is 9.55 Å². The zero-order valence-electron chi connectivity index (χ0n) is 19.4. The molecule has 0 amide bonds. The fraction of sp³-hybridized carbons (Fsp3) is 0.778. The van der Waals surface area contributed by atoms with E-state index < -0.39 is 5.60 Å². The molecule has 4 aliphatic rings. The van der Waals surface area contributed by atoms with E-state index in [-0.39, 0.29) is 17.9 Å². The lowest BCUT2D eigenvalue weighted by Crippen LogP contribution is -2.51. The summed E-state index contributed by atoms with van der Waals surface area (Å²) in [4.78, 5) is 17.3. The summed E-state index contributed by atoms with van der Waals surface area (Å²) in [6.45, 7) is 2.94. The normalized spacial score (nSPS) is 42.8. The lowest BCUT2D eigenvalue weighted by atomic mass is 9.49. The zero-order chi connectivity index (χ0) is 22.3. The number of aromatic nitrogens is 2. The lowest BCUT2D eigenvalue weighted by molar-refractivity contribution is -0.132. The third-order valence-corrected chi connectivity index (χ3v) is 9.85. The van der Waals surface area contributed by atoms with Gasteiger partial charge in [0, 0.05) is 24.7 Å². The molecule has 1 aromatic rings. The Hall–Kier alpha value is -1.64. The predicted octanol–water partition coefficient (Wildman–Crippen LogP) is 3.84. The SMILES string of the molecule is C[C@]12CCC3[C@H]4CC[C@](O)(C#CCCO)C[C@H]4CC[C@H]3[C@@H]1CC[C@@H]2C(=O)Cn1ccnc1. The van der Waals surface area contributed by atoms with E-state index in [4.69, 9.17) is 5.11 Å². The van der Waals surface area contributed by atoms with Crippen LogP contribution in [0, 0.1) is 52.8 Å². The van der Waals surface area contributed by atoms with Gasteiger partial charge in [0.2, 0.25) is 0 Å². The molecular formula is C27H38N2O3. The topological polar surface area (TPSA) is 75.3 Å². The first-order chi connectivity index (χ1) is 15.4. The number of aliphatic hydroxyl groups excluding tert-OH is 1. The Morgan fingerprint density at radius 3 is 2.75 bits per heavy atom. The van der Waals surface area contributed by atoms with E-state index in [0.717, 1.165) is 37.5 Å². The third-order valence-electron chi connectivity index (χ3n) is 9.85. The van der Waals surface area contributed by atoms with Gasteiger partial charge in [-0.1, -0.05) is 18.8 Å². The van der Waals surface area contributed by atoms with Crippen molar-refractivity contribution in [2.75, 3.05) is 6.61 Å². The van der Waals surface area contributed by atoms with Crippen molar-refractivity contribution in [1.29, 1.82) is 0 Å². The van der Waals surface area contributed by atoms with Crippen LogP contribution in [0.2, 0.25) is 0 Å². The summed E-state index contributed by atoms with van der Waals surface area (Å²) in [5, 5.41) is 20.0. The van der Waals surface area contributed by atoms with Crippen molar-refractivity contribution in [3.05, 3.63) is 18.7 Å². The van der Waals surface area contributed by atoms with Crippen LogP contribution in [-0.2, 0) is 11.3 Å². The second-order valence-electron chi connectivity index (χ2n) is 11.4. The average Bonchev–Trinajstić information content (AvgIpc) is 3.40. The van der Waals surface area contributed by atoms with Crippen LogP contribution in [0.5, 0.6) is 0 Å². The first kappa shape index (κ1) is 22.2. The average molecular weight is 439 g/mol. The molecule has 0 aliphatic heterocycles. The minimum atomic E-state index is -0.857. The molecule has 0 bridgehead atoms. The maximum absolute atomic E-state index is 13.2. The van der Waals surface area contributed by atoms with Gasteiger partial charge in [0.15, 0.2) is 5.78 Å². The molecule has 0 spiro atoms. The van der Waals surface area contributed by atoms with Gasteiger partial charge in [-0.15, -0.1) is 0 Å². The summed E-state index contributed by atoms with van der Waals surface area (Å²) in [6, 6.07) is 0. The summed E-state index contributed by atoms with van der Waals surface area (Å²) < 4.78 is 1.92. The molecule has 0 radical (unpaired) electrons. The Bertz CT molecular complexity index is 886. The molecule has 32 heavy (non-hydrogen) atoms. The van der Waals surface area contributed by atoms with Gasteiger partial charge in [-0.2, -0.15) is 0 Å². The molecule has 4 saturated carbocycles. The summed E-state index contributed by atoms with van der Waals surface area (Å²) in [7, 11) is 0. The van der Waals surface area contributed by atoms with E-state index in [0.29, 0.717) is 36.5 Å². The number of carbonyl (C=O) groups is 1. The van der Waals surface area contributed by atoms with E-state index in [1.807, 2.05) is 10.8 Å². The molecule has 174 valence electrons. The quantitative estimate of drug-likeness (QED) is 0.701. The standard InChI is InChI=1S/C27H38N2O3/c1-26-11-8-21-20-9-12-27(32,10-2-3-15-30)16-19(20)4-5-22(21)23(26)6-7-24(26)25(31)17-29-14-13-28-18-29/h13-14,18-24,30,32H,3-9,11-12,15-17H2,1H3/t19-,20+,21?,22-,23+,24-,26+,27-/m1/s1. The summed E-state index contributed by atoms with van der Waals surface area (Å²) in [5.41, 5.74) is -0.707. The highest BCUT2D eigenvalue weighted by Gasteiger charge is 2.58. The first-order valence-corrected chi connectivity index (χ1v) is 12.8. The van der Waals surface area contributed by atoms with Gasteiger partial charge in [0.25, 0.3) is 0 Å². The molecule has 0 saturated heterocycles. The first-order valence-electron chi connectivity index (χ1n) is 12.8. The second-order valence-corrected chi connectivity index (χ2v) is 11.4. The lowest BCUT2D eigenvalue weighted by Gasteiger charge is -2.56. The van der Waals surface area contributed by atoms with Gasteiger partial charge in [-0.3, -0.25) is 4.79 Å². The predicted molar refractivity (Wildman–Crippen MR) is 122 cm³/mol. The van der Waals surface area contributed by atoms with E-state index >= 15 is 0 Å². The van der Waals surface area contributed by atoms with Crippen LogP contribution in [0.1, 0.15) is 71.1 Å². The van der Waals surface area contributed by atoms with Crippen LogP contribution >= 0.6 is 0 Å². The number of carbonyl (C=O) groups excluding carboxylic acids is 1. The molecule has 1 aromatic heterocycles. The highest BCUT2D eigenvalue weighted by atomic mass is 16.3. The van der Waals surface area contributed by atoms with Crippen molar-refractivity contribution in [3.63, 3.8) is 0 Å². The van der Waals surface area contributed by atoms with Crippen LogP contribution in [0.15, 0.2) is 18.7 Å². The number of Topliss-reactive ketones (excluding diaryl/α,β-unsaturated/α-hetero) is 1. The largest absolute Gasteiger partial charge is 0.395 e. The van der Waals surface area contributed by atoms with Gasteiger partial charge in [-0.05, 0) is 92.8 Å². The summed E-state index contributed by atoms with van der Waals surface area (Å²) in [6.07, 6.45) is 15.6. The van der Waals surface area contributed by atoms with E-state index in [9.17, 15) is 9.90 Å². The van der Waals surface area contributed by atoms with Crippen molar-refractivity contribution >= 4 is 5.78 Å². The molecule has 5 rings (SSSR count). The Labute approximate surface area is 192 Å². The molecule has 1 heterocycles. The molecule has 4 aliphatic carbocycles. The highest BCUT2D eigenvalue weighted by Crippen LogP contribution is 2.64. The number of nitrogens with zero attached hydrogens (tertiary/aromatic N) is 2. The van der Waals surface area contributed by atoms with Crippen LogP contribution in [0.4, 0.5) is 0 Å². The Kier molecular flexibility index (Phi) is 5.97. The van der Waals surface area contributed by atoms with Gasteiger partial charge >= 0.3 is 0 Å². The van der Waals surface area contributed by atoms with Crippen LogP contribution < -0.4 is 0 Å². The monoisotopic (exact) mass is 438 g/mol. The Balaban J connectivity index is 1.27. The van der Waals surface area contributed by atoms with Crippen molar-refractivity contribution < 1.29 is 15.0 Å². The second kappa shape index (κ2) is 8.61. The van der Waals surface area contributed by atoms with Crippen molar-refractivity contribution in [2.45, 2.75) is 83.3 Å². The van der Waals surface area contributed by atoms with E-state index in [1.54, 1.807) is 12.5 Å². The molecule has 4 fully saturated rings. The highest BCUT2D eigenvalue weighted by molar-refractivity contribution is 5.82. The van der Waals surface area contributed by atoms with Gasteiger partial charge in [0.05, 0.1) is 19.5 Å². The van der Waals surface area contributed by atoms with Crippen molar-refractivity contribution in [2.24, 2.45) is 40.9 Å². The third kappa shape index (κ3) is 3.84. The number of fused-ring (bicyclic) bond motifs is 5. The van der Waals surface area contributed by atoms with Crippen LogP contribution in [-0.4, -0.2) is 37.8 Å². The molecule has 0 aromatic carbocycles. The molecule has 2 N–H and O–H groups in total. The molecule has 8 atom stereocenters. The summed E-state index contributed by atoms with van der Waals surface area (Å²) >= 11 is 0. The fourth-order valence-corrected chi connectivity index (χ4v) is 8.47. The number of hydrogen-bond acceptors (Lipinski definition) is 4. The number of rotatable bonds is 4. The minimum Gasteiger partial charge on any atom is -0.395 e. The van der Waals surface area contributed by atoms with E-state index in [2.05, 4.69) is 23.7 Å². The minimum absolute atomic E-state index is 0.0604. The van der Waals surface area contributed by atoms with Gasteiger partial charge in [-0.25, -0.2) is 4.98 Å². The van der Waals surface area contributed by atoms with Crippen LogP contribution in [0.25, 0.3) is 0 Å². The fourth-order valence-electron chi connectivity index (χ4n) is 8.47. The van der Waals surface area contributed by atoms with E-state index in [1.165, 1.54) is 32.1 Å². The number of ketones is 1. The Morgan fingerprint density at radius 1 is 1.12 bits per heavy atom. The molecule has 1 unspecified atom stereocenters. The molecular weight excluding hydrogens is 400 g/mol. The summed E-state index contributed by atoms with van der Waals surface area (Å²) in [5.74, 6) is 10.1. The number of aliphatic hydroxyl groups is 2. The maximum atomic E-state index is 13.2. The zero-order valence-corrected chi connectivity index (χ0v) is 19.4. The molecule has 5 heteroatoms. The van der Waals surface area contributed by atoms with Gasteiger partial charge in [0.1, 0.15) is 5.60 Å². The molecule has 5 nitrogen and oxygen atoms in total. The number of hydrogen-bond donors (Lipinski definition) is 2. The number of imidazole rings is 1. The smallest absolute Gasteiger partial charge is 0.156 e. The van der Waals surface area contributed by atoms with Crippen molar-refractivity contribution in [3.8, 4) is 11.8 Å².